The molecule has 20 heavy (non-hydrogen) atoms. The largest absolute Gasteiger partial charge is 0.481 e. The molecule has 0 amide bonds. The average molecular weight is 309 g/mol. The second kappa shape index (κ2) is 6.68. The molecule has 0 bridgehead atoms. The van der Waals surface area contributed by atoms with Gasteiger partial charge in [-0.2, -0.15) is 0 Å². The first-order valence-electron chi connectivity index (χ1n) is 5.99. The molecular weight excluding hydrogens is 296 g/mol. The highest BCUT2D eigenvalue weighted by Gasteiger charge is 2.08. The third-order valence-corrected chi connectivity index (χ3v) is 4.53. The van der Waals surface area contributed by atoms with Crippen LogP contribution in [0, 0.1) is 0 Å². The van der Waals surface area contributed by atoms with E-state index in [1.807, 2.05) is 18.2 Å². The molecule has 0 spiro atoms. The van der Waals surface area contributed by atoms with Gasteiger partial charge in [-0.15, -0.1) is 0 Å². The molecule has 0 aromatic heterocycles. The molecular formula is C15H13ClO3S. The lowest BCUT2D eigenvalue weighted by Crippen LogP contribution is -2.01. The Morgan fingerprint density at radius 2 is 1.75 bits per heavy atom. The maximum absolute atomic E-state index is 12.2. The van der Waals surface area contributed by atoms with E-state index in [1.165, 1.54) is 0 Å². The highest BCUT2D eigenvalue weighted by Crippen LogP contribution is 2.20. The van der Waals surface area contributed by atoms with E-state index < -0.39 is 16.8 Å². The van der Waals surface area contributed by atoms with Crippen LogP contribution in [-0.4, -0.2) is 15.3 Å². The average Bonchev–Trinajstić information content (AvgIpc) is 2.41. The zero-order chi connectivity index (χ0) is 14.5. The van der Waals surface area contributed by atoms with Gasteiger partial charge in [0.2, 0.25) is 0 Å². The van der Waals surface area contributed by atoms with Crippen molar-refractivity contribution in [2.45, 2.75) is 17.1 Å². The van der Waals surface area contributed by atoms with Gasteiger partial charge in [0.15, 0.2) is 0 Å². The van der Waals surface area contributed by atoms with Gasteiger partial charge in [0.05, 0.1) is 23.0 Å². The Bertz CT molecular complexity index is 638. The topological polar surface area (TPSA) is 54.4 Å². The number of carboxylic acid groups (broad SMARTS) is 1. The lowest BCUT2D eigenvalue weighted by Gasteiger charge is -2.05. The van der Waals surface area contributed by atoms with Crippen LogP contribution in [-0.2, 0) is 27.8 Å². The Morgan fingerprint density at radius 3 is 2.35 bits per heavy atom. The van der Waals surface area contributed by atoms with Crippen LogP contribution in [0.5, 0.6) is 0 Å². The van der Waals surface area contributed by atoms with E-state index >= 15 is 0 Å². The highest BCUT2D eigenvalue weighted by molar-refractivity contribution is 7.84. The zero-order valence-electron chi connectivity index (χ0n) is 10.6. The lowest BCUT2D eigenvalue weighted by molar-refractivity contribution is -0.136. The van der Waals surface area contributed by atoms with Crippen LogP contribution in [0.4, 0.5) is 0 Å². The molecule has 2 aromatic rings. The van der Waals surface area contributed by atoms with E-state index in [9.17, 15) is 9.00 Å². The molecule has 0 aliphatic heterocycles. The summed E-state index contributed by atoms with van der Waals surface area (Å²) in [6.07, 6.45) is -0.0303. The molecule has 0 saturated heterocycles. The summed E-state index contributed by atoms with van der Waals surface area (Å²) in [4.78, 5) is 11.3. The first-order chi connectivity index (χ1) is 9.56. The first-order valence-corrected chi connectivity index (χ1v) is 7.68. The highest BCUT2D eigenvalue weighted by atomic mass is 35.5. The monoisotopic (exact) mass is 308 g/mol. The fourth-order valence-electron chi connectivity index (χ4n) is 1.77. The zero-order valence-corrected chi connectivity index (χ0v) is 12.2. The van der Waals surface area contributed by atoms with Gasteiger partial charge in [-0.25, -0.2) is 0 Å². The van der Waals surface area contributed by atoms with E-state index in [1.54, 1.807) is 30.3 Å². The number of benzene rings is 2. The molecule has 1 unspecified atom stereocenters. The van der Waals surface area contributed by atoms with Crippen LogP contribution >= 0.6 is 11.6 Å². The van der Waals surface area contributed by atoms with Gasteiger partial charge in [-0.1, -0.05) is 41.9 Å². The van der Waals surface area contributed by atoms with Crippen LogP contribution in [0.15, 0.2) is 53.4 Å². The van der Waals surface area contributed by atoms with Crippen molar-refractivity contribution in [2.24, 2.45) is 0 Å². The van der Waals surface area contributed by atoms with E-state index in [2.05, 4.69) is 0 Å². The Balaban J connectivity index is 2.10. The third kappa shape index (κ3) is 3.92. The van der Waals surface area contributed by atoms with Crippen molar-refractivity contribution in [1.29, 1.82) is 0 Å². The molecule has 2 aromatic carbocycles. The van der Waals surface area contributed by atoms with Gasteiger partial charge < -0.3 is 5.11 Å². The molecule has 0 fully saturated rings. The van der Waals surface area contributed by atoms with Crippen molar-refractivity contribution in [1.82, 2.24) is 0 Å². The van der Waals surface area contributed by atoms with E-state index in [4.69, 9.17) is 16.7 Å². The number of carbonyl (C=O) groups is 1. The first kappa shape index (κ1) is 14.8. The van der Waals surface area contributed by atoms with Crippen LogP contribution in [0.3, 0.4) is 0 Å². The summed E-state index contributed by atoms with van der Waals surface area (Å²) in [6, 6.07) is 14.1. The Labute approximate surface area is 124 Å². The quantitative estimate of drug-likeness (QED) is 0.922. The molecule has 0 aliphatic carbocycles. The van der Waals surface area contributed by atoms with Crippen molar-refractivity contribution >= 4 is 28.4 Å². The van der Waals surface area contributed by atoms with Gasteiger partial charge >= 0.3 is 5.97 Å². The number of hydrogen-bond donors (Lipinski definition) is 1. The van der Waals surface area contributed by atoms with Crippen LogP contribution in [0.1, 0.15) is 11.1 Å². The molecule has 1 atom stereocenters. The number of rotatable bonds is 5. The summed E-state index contributed by atoms with van der Waals surface area (Å²) in [6.45, 7) is 0. The van der Waals surface area contributed by atoms with Crippen LogP contribution < -0.4 is 0 Å². The summed E-state index contributed by atoms with van der Waals surface area (Å²) < 4.78 is 12.2. The molecule has 0 aliphatic rings. The minimum absolute atomic E-state index is 0.0303. The normalized spacial score (nSPS) is 12.1. The summed E-state index contributed by atoms with van der Waals surface area (Å²) >= 11 is 6.04. The number of aliphatic carboxylic acids is 1. The van der Waals surface area contributed by atoms with Gasteiger partial charge in [-0.3, -0.25) is 9.00 Å². The van der Waals surface area contributed by atoms with E-state index in [0.29, 0.717) is 21.2 Å². The Hall–Kier alpha value is -1.65. The molecule has 0 radical (unpaired) electrons. The maximum Gasteiger partial charge on any atom is 0.307 e. The van der Waals surface area contributed by atoms with Crippen molar-refractivity contribution in [3.63, 3.8) is 0 Å². The van der Waals surface area contributed by atoms with Gasteiger partial charge in [0.25, 0.3) is 0 Å². The van der Waals surface area contributed by atoms with E-state index in [-0.39, 0.29) is 6.42 Å². The fraction of sp³-hybridized carbons (Fsp3) is 0.133. The summed E-state index contributed by atoms with van der Waals surface area (Å²) in [7, 11) is -1.20. The van der Waals surface area contributed by atoms with Gasteiger partial charge in [0.1, 0.15) is 0 Å². The molecule has 5 heteroatoms. The predicted molar refractivity (Wildman–Crippen MR) is 79.3 cm³/mol. The number of carboxylic acids is 1. The summed E-state index contributed by atoms with van der Waals surface area (Å²) in [5.41, 5.74) is 1.53. The van der Waals surface area contributed by atoms with Crippen molar-refractivity contribution in [2.75, 3.05) is 0 Å². The van der Waals surface area contributed by atoms with Crippen LogP contribution in [0.2, 0.25) is 5.02 Å². The second-order valence-electron chi connectivity index (χ2n) is 4.30. The molecule has 0 saturated carbocycles. The molecule has 2 rings (SSSR count). The standard InChI is InChI=1S/C15H13ClO3S/c16-14-4-2-1-3-12(14)10-20(19)13-7-5-11(6-8-13)9-15(17)18/h1-8H,9-10H2,(H,17,18). The molecule has 104 valence electrons. The number of hydrogen-bond acceptors (Lipinski definition) is 2. The molecule has 0 heterocycles. The SMILES string of the molecule is O=C(O)Cc1ccc(S(=O)Cc2ccccc2Cl)cc1. The van der Waals surface area contributed by atoms with E-state index in [0.717, 1.165) is 5.56 Å². The van der Waals surface area contributed by atoms with Crippen molar-refractivity contribution in [3.8, 4) is 0 Å². The maximum atomic E-state index is 12.2. The van der Waals surface area contributed by atoms with Gasteiger partial charge in [0, 0.05) is 9.92 Å². The Kier molecular flexibility index (Phi) is 4.93. The minimum atomic E-state index is -1.20. The van der Waals surface area contributed by atoms with Crippen LogP contribution in [0.25, 0.3) is 0 Å². The van der Waals surface area contributed by atoms with Crippen molar-refractivity contribution in [3.05, 3.63) is 64.7 Å². The summed E-state index contributed by atoms with van der Waals surface area (Å²) in [5.74, 6) is -0.534. The number of halogens is 1. The smallest absolute Gasteiger partial charge is 0.307 e. The lowest BCUT2D eigenvalue weighted by atomic mass is 10.2. The molecule has 3 nitrogen and oxygen atoms in total. The van der Waals surface area contributed by atoms with Gasteiger partial charge in [-0.05, 0) is 29.3 Å². The Morgan fingerprint density at radius 1 is 1.10 bits per heavy atom. The fourth-order valence-corrected chi connectivity index (χ4v) is 3.20. The minimum Gasteiger partial charge on any atom is -0.481 e. The summed E-state index contributed by atoms with van der Waals surface area (Å²) in [5, 5.41) is 9.30. The molecule has 1 N–H and O–H groups in total. The second-order valence-corrected chi connectivity index (χ2v) is 6.15. The third-order valence-electron chi connectivity index (χ3n) is 2.79. The predicted octanol–water partition coefficient (Wildman–Crippen LogP) is 3.27. The van der Waals surface area contributed by atoms with Crippen molar-refractivity contribution < 1.29 is 14.1 Å².